The van der Waals surface area contributed by atoms with Crippen LogP contribution in [0.15, 0.2) is 35.9 Å². The van der Waals surface area contributed by atoms with Gasteiger partial charge in [0, 0.05) is 30.2 Å². The highest BCUT2D eigenvalue weighted by Gasteiger charge is 2.27. The van der Waals surface area contributed by atoms with Crippen LogP contribution in [0.5, 0.6) is 5.75 Å². The van der Waals surface area contributed by atoms with E-state index >= 15 is 0 Å². The van der Waals surface area contributed by atoms with Crippen LogP contribution < -0.4 is 4.74 Å². The van der Waals surface area contributed by atoms with Gasteiger partial charge < -0.3 is 18.9 Å². The standard InChI is InChI=1S/C26H31N3O4/c1-5-12-28(16-20-6-7-20)25(30)17-33-26(31)22(15-27)14-21-13-18(2)29(19(21)3)23-8-10-24(32-4)11-9-23/h8-11,13-14,20H,5-7,12,16-17H2,1-4H3/b22-14+. The van der Waals surface area contributed by atoms with Crippen molar-refractivity contribution in [3.63, 3.8) is 0 Å². The minimum atomic E-state index is -0.789. The first-order valence-electron chi connectivity index (χ1n) is 11.3. The minimum absolute atomic E-state index is 0.137. The van der Waals surface area contributed by atoms with Crippen molar-refractivity contribution in [2.75, 3.05) is 26.8 Å². The number of rotatable bonds is 10. The van der Waals surface area contributed by atoms with Crippen molar-refractivity contribution in [3.8, 4) is 17.5 Å². The first-order valence-corrected chi connectivity index (χ1v) is 11.3. The third-order valence-electron chi connectivity index (χ3n) is 5.79. The maximum absolute atomic E-state index is 12.5. The molecule has 0 aliphatic heterocycles. The van der Waals surface area contributed by atoms with Crippen LogP contribution in [0.2, 0.25) is 0 Å². The quantitative estimate of drug-likeness (QED) is 0.308. The summed E-state index contributed by atoms with van der Waals surface area (Å²) in [5.41, 5.74) is 3.39. The number of aromatic nitrogens is 1. The number of nitriles is 1. The highest BCUT2D eigenvalue weighted by Crippen LogP contribution is 2.30. The first-order chi connectivity index (χ1) is 15.9. The summed E-state index contributed by atoms with van der Waals surface area (Å²) in [7, 11) is 1.62. The Morgan fingerprint density at radius 2 is 1.94 bits per heavy atom. The average Bonchev–Trinajstić information content (AvgIpc) is 3.59. The third-order valence-corrected chi connectivity index (χ3v) is 5.79. The zero-order valence-corrected chi connectivity index (χ0v) is 19.8. The largest absolute Gasteiger partial charge is 0.497 e. The Balaban J connectivity index is 1.72. The highest BCUT2D eigenvalue weighted by molar-refractivity contribution is 5.99. The van der Waals surface area contributed by atoms with Gasteiger partial charge in [0.15, 0.2) is 6.61 Å². The summed E-state index contributed by atoms with van der Waals surface area (Å²) in [4.78, 5) is 26.8. The smallest absolute Gasteiger partial charge is 0.349 e. The lowest BCUT2D eigenvalue weighted by atomic mass is 10.1. The van der Waals surface area contributed by atoms with Crippen molar-refractivity contribution in [3.05, 3.63) is 52.9 Å². The molecule has 33 heavy (non-hydrogen) atoms. The maximum atomic E-state index is 12.5. The molecule has 7 nitrogen and oxygen atoms in total. The second kappa shape index (κ2) is 10.9. The number of carbonyl (C=O) groups is 2. The molecule has 1 aliphatic carbocycles. The van der Waals surface area contributed by atoms with E-state index < -0.39 is 5.97 Å². The lowest BCUT2D eigenvalue weighted by molar-refractivity contribution is -0.148. The van der Waals surface area contributed by atoms with Crippen molar-refractivity contribution >= 4 is 18.0 Å². The molecule has 1 aromatic heterocycles. The van der Waals surface area contributed by atoms with Gasteiger partial charge in [-0.25, -0.2) is 4.79 Å². The Morgan fingerprint density at radius 3 is 2.52 bits per heavy atom. The van der Waals surface area contributed by atoms with E-state index in [2.05, 4.69) is 0 Å². The van der Waals surface area contributed by atoms with E-state index in [0.717, 1.165) is 47.7 Å². The number of esters is 1. The molecule has 0 spiro atoms. The van der Waals surface area contributed by atoms with Crippen molar-refractivity contribution in [1.29, 1.82) is 5.26 Å². The second-order valence-corrected chi connectivity index (χ2v) is 8.39. The normalized spacial score (nSPS) is 13.4. The molecule has 0 N–H and O–H groups in total. The van der Waals surface area contributed by atoms with Gasteiger partial charge in [-0.1, -0.05) is 6.92 Å². The van der Waals surface area contributed by atoms with Crippen LogP contribution in [0.3, 0.4) is 0 Å². The number of ether oxygens (including phenoxy) is 2. The van der Waals surface area contributed by atoms with Gasteiger partial charge in [-0.15, -0.1) is 0 Å². The van der Waals surface area contributed by atoms with Crippen LogP contribution in [0.4, 0.5) is 0 Å². The van der Waals surface area contributed by atoms with Crippen LogP contribution in [0, 0.1) is 31.1 Å². The molecule has 0 unspecified atom stereocenters. The van der Waals surface area contributed by atoms with Gasteiger partial charge in [-0.05, 0) is 81.0 Å². The molecule has 1 aliphatic rings. The third kappa shape index (κ3) is 6.04. The number of hydrogen-bond donors (Lipinski definition) is 0. The van der Waals surface area contributed by atoms with Crippen LogP contribution in [-0.2, 0) is 14.3 Å². The molecule has 1 heterocycles. The summed E-state index contributed by atoms with van der Waals surface area (Å²) in [5.74, 6) is 0.321. The number of aryl methyl sites for hydroxylation is 1. The minimum Gasteiger partial charge on any atom is -0.497 e. The molecule has 174 valence electrons. The van der Waals surface area contributed by atoms with Gasteiger partial charge in [-0.2, -0.15) is 5.26 Å². The van der Waals surface area contributed by atoms with Crippen molar-refractivity contribution < 1.29 is 19.1 Å². The number of hydrogen-bond acceptors (Lipinski definition) is 5. The van der Waals surface area contributed by atoms with Crippen molar-refractivity contribution in [2.45, 2.75) is 40.0 Å². The summed E-state index contributed by atoms with van der Waals surface area (Å²) < 4.78 is 12.5. The van der Waals surface area contributed by atoms with Crippen LogP contribution >= 0.6 is 0 Å². The number of carbonyl (C=O) groups excluding carboxylic acids is 2. The summed E-state index contributed by atoms with van der Waals surface area (Å²) in [5, 5.41) is 9.55. The molecular formula is C26H31N3O4. The maximum Gasteiger partial charge on any atom is 0.349 e. The molecule has 7 heteroatoms. The SMILES string of the molecule is CCCN(CC1CC1)C(=O)COC(=O)/C(C#N)=C/c1cc(C)n(-c2ccc(OC)cc2)c1C. The summed E-state index contributed by atoms with van der Waals surface area (Å²) >= 11 is 0. The monoisotopic (exact) mass is 449 g/mol. The van der Waals surface area contributed by atoms with Crippen molar-refractivity contribution in [2.24, 2.45) is 5.92 Å². The fourth-order valence-corrected chi connectivity index (χ4v) is 3.85. The van der Waals surface area contributed by atoms with E-state index in [9.17, 15) is 14.9 Å². The molecule has 0 atom stereocenters. The average molecular weight is 450 g/mol. The van der Waals surface area contributed by atoms with Crippen LogP contribution in [0.1, 0.15) is 43.1 Å². The molecule has 1 fully saturated rings. The number of nitrogens with zero attached hydrogens (tertiary/aromatic N) is 3. The van der Waals surface area contributed by atoms with Crippen LogP contribution in [-0.4, -0.2) is 48.1 Å². The topological polar surface area (TPSA) is 84.6 Å². The molecule has 1 aromatic carbocycles. The Kier molecular flexibility index (Phi) is 7.94. The van der Waals surface area contributed by atoms with E-state index in [-0.39, 0.29) is 18.1 Å². The van der Waals surface area contributed by atoms with E-state index in [0.29, 0.717) is 19.0 Å². The lowest BCUT2D eigenvalue weighted by Gasteiger charge is -2.21. The van der Waals surface area contributed by atoms with Gasteiger partial charge in [-0.3, -0.25) is 4.79 Å². The molecule has 2 aromatic rings. The van der Waals surface area contributed by atoms with E-state index in [1.807, 2.05) is 61.7 Å². The first kappa shape index (κ1) is 24.1. The summed E-state index contributed by atoms with van der Waals surface area (Å²) in [6.45, 7) is 6.90. The fourth-order valence-electron chi connectivity index (χ4n) is 3.85. The van der Waals surface area contributed by atoms with E-state index in [4.69, 9.17) is 9.47 Å². The molecule has 0 saturated heterocycles. The predicted octanol–water partition coefficient (Wildman–Crippen LogP) is 4.20. The Bertz CT molecular complexity index is 1070. The molecular weight excluding hydrogens is 418 g/mol. The number of methoxy groups -OCH3 is 1. The van der Waals surface area contributed by atoms with E-state index in [1.54, 1.807) is 12.0 Å². The Hall–Kier alpha value is -3.53. The zero-order chi connectivity index (χ0) is 24.0. The second-order valence-electron chi connectivity index (χ2n) is 8.39. The molecule has 0 bridgehead atoms. The lowest BCUT2D eigenvalue weighted by Crippen LogP contribution is -2.36. The predicted molar refractivity (Wildman–Crippen MR) is 126 cm³/mol. The van der Waals surface area contributed by atoms with Gasteiger partial charge >= 0.3 is 5.97 Å². The van der Waals surface area contributed by atoms with Gasteiger partial charge in [0.25, 0.3) is 5.91 Å². The fraction of sp³-hybridized carbons (Fsp3) is 0.423. The van der Waals surface area contributed by atoms with Gasteiger partial charge in [0.1, 0.15) is 17.4 Å². The Labute approximate surface area is 195 Å². The number of amides is 1. The molecule has 1 saturated carbocycles. The Morgan fingerprint density at radius 1 is 1.24 bits per heavy atom. The summed E-state index contributed by atoms with van der Waals surface area (Å²) in [6, 6.07) is 11.5. The molecule has 0 radical (unpaired) electrons. The molecule has 1 amide bonds. The molecule has 3 rings (SSSR count). The van der Waals surface area contributed by atoms with Crippen LogP contribution in [0.25, 0.3) is 11.8 Å². The summed E-state index contributed by atoms with van der Waals surface area (Å²) in [6.07, 6.45) is 4.65. The van der Waals surface area contributed by atoms with E-state index in [1.165, 1.54) is 6.08 Å². The zero-order valence-electron chi connectivity index (χ0n) is 19.8. The van der Waals surface area contributed by atoms with Crippen molar-refractivity contribution in [1.82, 2.24) is 9.47 Å². The highest BCUT2D eigenvalue weighted by atomic mass is 16.5. The number of benzene rings is 1. The van der Waals surface area contributed by atoms with Gasteiger partial charge in [0.2, 0.25) is 0 Å². The van der Waals surface area contributed by atoms with Gasteiger partial charge in [0.05, 0.1) is 7.11 Å².